The van der Waals surface area contributed by atoms with Gasteiger partial charge in [-0.15, -0.1) is 11.3 Å². The minimum absolute atomic E-state index is 0.0133. The van der Waals surface area contributed by atoms with Gasteiger partial charge in [0.2, 0.25) is 11.2 Å². The Morgan fingerprint density at radius 2 is 1.69 bits per heavy atom. The number of anilines is 1. The second kappa shape index (κ2) is 10.1. The number of carbonyl (C=O) groups excluding carboxylic acids is 1. The standard InChI is InChI=1S/C28H22N2O5S/c1-17(27(32)30-28-29-22(16-36-28)18-12-14-20(33-2)15-13-18)34-26-24(31)21-10-6-7-11-23(21)35-25(26)19-8-4-3-5-9-19/h3-17H,1-2H3,(H,29,30,32). The summed E-state index contributed by atoms with van der Waals surface area (Å²) in [4.78, 5) is 30.8. The lowest BCUT2D eigenvalue weighted by atomic mass is 10.1. The van der Waals surface area contributed by atoms with Crippen LogP contribution in [0.15, 0.2) is 93.5 Å². The SMILES string of the molecule is COc1ccc(-c2csc(NC(=O)C(C)Oc3c(-c4ccccc4)oc4ccccc4c3=O)n2)cc1. The highest BCUT2D eigenvalue weighted by atomic mass is 32.1. The minimum Gasteiger partial charge on any atom is -0.497 e. The Morgan fingerprint density at radius 1 is 0.972 bits per heavy atom. The van der Waals surface area contributed by atoms with E-state index in [1.807, 2.05) is 60.0 Å². The van der Waals surface area contributed by atoms with Crippen molar-refractivity contribution in [1.82, 2.24) is 4.98 Å². The van der Waals surface area contributed by atoms with E-state index in [1.165, 1.54) is 11.3 Å². The zero-order valence-electron chi connectivity index (χ0n) is 19.6. The Kier molecular flexibility index (Phi) is 6.51. The number of carbonyl (C=O) groups is 1. The summed E-state index contributed by atoms with van der Waals surface area (Å²) in [5.41, 5.74) is 2.41. The number of rotatable bonds is 7. The second-order valence-electron chi connectivity index (χ2n) is 7.97. The number of nitrogens with one attached hydrogen (secondary N) is 1. The van der Waals surface area contributed by atoms with Crippen LogP contribution in [0.3, 0.4) is 0 Å². The number of hydrogen-bond acceptors (Lipinski definition) is 7. The molecular formula is C28H22N2O5S. The van der Waals surface area contributed by atoms with E-state index in [0.29, 0.717) is 21.7 Å². The molecule has 0 aliphatic rings. The van der Waals surface area contributed by atoms with E-state index < -0.39 is 12.0 Å². The van der Waals surface area contributed by atoms with Gasteiger partial charge in [-0.1, -0.05) is 42.5 Å². The average Bonchev–Trinajstić information content (AvgIpc) is 3.39. The number of benzene rings is 3. The topological polar surface area (TPSA) is 90.7 Å². The van der Waals surface area contributed by atoms with Gasteiger partial charge in [0.1, 0.15) is 11.3 Å². The van der Waals surface area contributed by atoms with Gasteiger partial charge in [-0.25, -0.2) is 4.98 Å². The van der Waals surface area contributed by atoms with Crippen molar-refractivity contribution in [3.05, 3.63) is 94.5 Å². The highest BCUT2D eigenvalue weighted by Crippen LogP contribution is 2.32. The molecule has 2 heterocycles. The molecule has 5 aromatic rings. The van der Waals surface area contributed by atoms with Gasteiger partial charge in [0, 0.05) is 16.5 Å². The van der Waals surface area contributed by atoms with Crippen LogP contribution in [0.1, 0.15) is 6.92 Å². The summed E-state index contributed by atoms with van der Waals surface area (Å²) in [7, 11) is 1.61. The quantitative estimate of drug-likeness (QED) is 0.296. The number of thiazole rings is 1. The number of methoxy groups -OCH3 is 1. The molecular weight excluding hydrogens is 476 g/mol. The molecule has 0 bridgehead atoms. The number of fused-ring (bicyclic) bond motifs is 1. The largest absolute Gasteiger partial charge is 0.497 e. The van der Waals surface area contributed by atoms with Crippen molar-refractivity contribution in [1.29, 1.82) is 0 Å². The number of nitrogens with zero attached hydrogens (tertiary/aromatic N) is 1. The number of para-hydroxylation sites is 1. The third-order valence-electron chi connectivity index (χ3n) is 5.58. The molecule has 1 N–H and O–H groups in total. The van der Waals surface area contributed by atoms with Gasteiger partial charge in [0.15, 0.2) is 17.0 Å². The Balaban J connectivity index is 1.39. The molecule has 0 fully saturated rings. The maximum Gasteiger partial charge on any atom is 0.266 e. The van der Waals surface area contributed by atoms with Crippen molar-refractivity contribution < 1.29 is 18.7 Å². The fourth-order valence-electron chi connectivity index (χ4n) is 3.67. The predicted octanol–water partition coefficient (Wildman–Crippen LogP) is 6.00. The Labute approximate surface area is 211 Å². The van der Waals surface area contributed by atoms with Crippen molar-refractivity contribution in [2.45, 2.75) is 13.0 Å². The highest BCUT2D eigenvalue weighted by molar-refractivity contribution is 7.14. The van der Waals surface area contributed by atoms with Gasteiger partial charge in [-0.2, -0.15) is 0 Å². The molecule has 0 aliphatic carbocycles. The van der Waals surface area contributed by atoms with E-state index in [1.54, 1.807) is 38.3 Å². The molecule has 5 rings (SSSR count). The lowest BCUT2D eigenvalue weighted by molar-refractivity contribution is -0.122. The molecule has 36 heavy (non-hydrogen) atoms. The minimum atomic E-state index is -0.982. The summed E-state index contributed by atoms with van der Waals surface area (Å²) in [6, 6.07) is 23.6. The summed E-state index contributed by atoms with van der Waals surface area (Å²) in [6.07, 6.45) is -0.982. The van der Waals surface area contributed by atoms with E-state index in [9.17, 15) is 9.59 Å². The van der Waals surface area contributed by atoms with Gasteiger partial charge >= 0.3 is 0 Å². The summed E-state index contributed by atoms with van der Waals surface area (Å²) in [5, 5.41) is 5.44. The smallest absolute Gasteiger partial charge is 0.266 e. The lowest BCUT2D eigenvalue weighted by Gasteiger charge is -2.16. The lowest BCUT2D eigenvalue weighted by Crippen LogP contribution is -2.31. The Morgan fingerprint density at radius 3 is 2.44 bits per heavy atom. The molecule has 0 spiro atoms. The van der Waals surface area contributed by atoms with E-state index in [4.69, 9.17) is 13.9 Å². The van der Waals surface area contributed by atoms with Crippen LogP contribution in [0.2, 0.25) is 0 Å². The number of aromatic nitrogens is 1. The summed E-state index contributed by atoms with van der Waals surface area (Å²) < 4.78 is 17.2. The van der Waals surface area contributed by atoms with Crippen LogP contribution >= 0.6 is 11.3 Å². The number of amides is 1. The highest BCUT2D eigenvalue weighted by Gasteiger charge is 2.23. The molecule has 0 saturated carbocycles. The third kappa shape index (κ3) is 4.71. The van der Waals surface area contributed by atoms with Crippen molar-refractivity contribution in [3.8, 4) is 34.1 Å². The van der Waals surface area contributed by atoms with Crippen LogP contribution in [-0.2, 0) is 4.79 Å². The fraction of sp³-hybridized carbons (Fsp3) is 0.107. The first kappa shape index (κ1) is 23.3. The Bertz CT molecular complexity index is 1580. The van der Waals surface area contributed by atoms with Gasteiger partial charge in [-0.3, -0.25) is 14.9 Å². The van der Waals surface area contributed by atoms with Gasteiger partial charge in [0.25, 0.3) is 5.91 Å². The van der Waals surface area contributed by atoms with Crippen LogP contribution < -0.4 is 20.2 Å². The van der Waals surface area contributed by atoms with Crippen molar-refractivity contribution >= 4 is 33.3 Å². The Hall–Kier alpha value is -4.43. The maximum absolute atomic E-state index is 13.3. The number of hydrogen-bond donors (Lipinski definition) is 1. The van der Waals surface area contributed by atoms with E-state index in [0.717, 1.165) is 17.0 Å². The van der Waals surface area contributed by atoms with Gasteiger partial charge in [-0.05, 0) is 43.3 Å². The maximum atomic E-state index is 13.3. The number of ether oxygens (including phenoxy) is 2. The first-order valence-electron chi connectivity index (χ1n) is 11.2. The first-order chi connectivity index (χ1) is 17.5. The molecule has 8 heteroatoms. The van der Waals surface area contributed by atoms with E-state index in [2.05, 4.69) is 10.3 Å². The first-order valence-corrected chi connectivity index (χ1v) is 12.1. The molecule has 0 aliphatic heterocycles. The van der Waals surface area contributed by atoms with Crippen LogP contribution in [0.5, 0.6) is 11.5 Å². The molecule has 1 amide bonds. The second-order valence-corrected chi connectivity index (χ2v) is 8.83. The molecule has 0 radical (unpaired) electrons. The van der Waals surface area contributed by atoms with Gasteiger partial charge < -0.3 is 13.9 Å². The zero-order chi connectivity index (χ0) is 25.1. The van der Waals surface area contributed by atoms with Crippen molar-refractivity contribution in [2.75, 3.05) is 12.4 Å². The van der Waals surface area contributed by atoms with Gasteiger partial charge in [0.05, 0.1) is 18.2 Å². The van der Waals surface area contributed by atoms with Crippen LogP contribution in [-0.4, -0.2) is 24.1 Å². The van der Waals surface area contributed by atoms with Crippen molar-refractivity contribution in [2.24, 2.45) is 0 Å². The normalized spacial score (nSPS) is 11.7. The average molecular weight is 499 g/mol. The van der Waals surface area contributed by atoms with E-state index >= 15 is 0 Å². The summed E-state index contributed by atoms with van der Waals surface area (Å²) in [6.45, 7) is 1.58. The van der Waals surface area contributed by atoms with Crippen LogP contribution in [0.4, 0.5) is 5.13 Å². The van der Waals surface area contributed by atoms with Crippen molar-refractivity contribution in [3.63, 3.8) is 0 Å². The molecule has 180 valence electrons. The zero-order valence-corrected chi connectivity index (χ0v) is 20.4. The molecule has 1 unspecified atom stereocenters. The molecule has 0 saturated heterocycles. The fourth-order valence-corrected chi connectivity index (χ4v) is 4.40. The van der Waals surface area contributed by atoms with E-state index in [-0.39, 0.29) is 16.9 Å². The molecule has 3 aromatic carbocycles. The van der Waals surface area contributed by atoms with Crippen LogP contribution in [0.25, 0.3) is 33.6 Å². The summed E-state index contributed by atoms with van der Waals surface area (Å²) >= 11 is 1.30. The predicted molar refractivity (Wildman–Crippen MR) is 141 cm³/mol. The summed E-state index contributed by atoms with van der Waals surface area (Å²) in [5.74, 6) is 0.578. The third-order valence-corrected chi connectivity index (χ3v) is 6.33. The van der Waals surface area contributed by atoms with Crippen LogP contribution in [0, 0.1) is 0 Å². The molecule has 2 aromatic heterocycles. The molecule has 7 nitrogen and oxygen atoms in total. The monoisotopic (exact) mass is 498 g/mol. The molecule has 1 atom stereocenters.